The van der Waals surface area contributed by atoms with Gasteiger partial charge in [0.1, 0.15) is 11.9 Å². The van der Waals surface area contributed by atoms with Crippen LogP contribution < -0.4 is 10.3 Å². The van der Waals surface area contributed by atoms with E-state index < -0.39 is 4.92 Å². The molecule has 0 saturated heterocycles. The van der Waals surface area contributed by atoms with Crippen LogP contribution in [-0.2, 0) is 6.42 Å². The molecule has 0 saturated carbocycles. The first-order valence-electron chi connectivity index (χ1n) is 9.59. The Hall–Kier alpha value is -3.10. The summed E-state index contributed by atoms with van der Waals surface area (Å²) < 4.78 is 7.44. The minimum Gasteiger partial charge on any atom is -0.471 e. The van der Waals surface area contributed by atoms with Gasteiger partial charge in [-0.1, -0.05) is 29.3 Å². The molecule has 9 nitrogen and oxygen atoms in total. The van der Waals surface area contributed by atoms with E-state index in [9.17, 15) is 14.9 Å². The SMILES string of the molecule is CCCCc1nc2ccc(Br)cc2c(=O)n1N=Cc1cc(Br)c(OCC#N)c([N+](=O)[O-])c1. The quantitative estimate of drug-likeness (QED) is 0.217. The van der Waals surface area contributed by atoms with Crippen molar-refractivity contribution < 1.29 is 9.66 Å². The van der Waals surface area contributed by atoms with Crippen molar-refractivity contribution in [1.82, 2.24) is 9.66 Å². The van der Waals surface area contributed by atoms with Gasteiger partial charge in [0.2, 0.25) is 5.75 Å². The van der Waals surface area contributed by atoms with Crippen molar-refractivity contribution in [3.05, 3.63) is 71.1 Å². The van der Waals surface area contributed by atoms with Crippen molar-refractivity contribution in [2.24, 2.45) is 5.10 Å². The first-order chi connectivity index (χ1) is 15.3. The molecule has 0 aliphatic heterocycles. The standard InChI is InChI=1S/C21H17Br2N5O4/c1-2-3-4-19-26-17-6-5-14(22)11-15(17)21(29)27(19)25-12-13-9-16(23)20(32-8-7-24)18(10-13)28(30)31/h5-6,9-12H,2-4,8H2,1H3. The zero-order valence-electron chi connectivity index (χ0n) is 16.9. The van der Waals surface area contributed by atoms with Crippen molar-refractivity contribution in [2.45, 2.75) is 26.2 Å². The molecule has 0 aliphatic carbocycles. The molecule has 1 heterocycles. The Morgan fingerprint density at radius 3 is 2.81 bits per heavy atom. The van der Waals surface area contributed by atoms with E-state index in [-0.39, 0.29) is 23.6 Å². The number of hydrogen-bond donors (Lipinski definition) is 0. The van der Waals surface area contributed by atoms with Crippen molar-refractivity contribution in [2.75, 3.05) is 6.61 Å². The topological polar surface area (TPSA) is 123 Å². The van der Waals surface area contributed by atoms with E-state index >= 15 is 0 Å². The lowest BCUT2D eigenvalue weighted by Gasteiger charge is -2.10. The molecular weight excluding hydrogens is 546 g/mol. The third-order valence-electron chi connectivity index (χ3n) is 4.48. The fourth-order valence-corrected chi connectivity index (χ4v) is 3.93. The third-order valence-corrected chi connectivity index (χ3v) is 5.56. The molecule has 11 heteroatoms. The van der Waals surface area contributed by atoms with Crippen LogP contribution in [-0.4, -0.2) is 27.4 Å². The number of unbranched alkanes of at least 4 members (excludes halogenated alkanes) is 1. The second kappa shape index (κ2) is 10.5. The van der Waals surface area contributed by atoms with E-state index in [4.69, 9.17) is 10.00 Å². The molecule has 0 spiro atoms. The van der Waals surface area contributed by atoms with Gasteiger partial charge in [0, 0.05) is 22.5 Å². The minimum atomic E-state index is -0.608. The largest absolute Gasteiger partial charge is 0.471 e. The van der Waals surface area contributed by atoms with E-state index in [1.54, 1.807) is 24.3 Å². The van der Waals surface area contributed by atoms with Crippen LogP contribution in [0.25, 0.3) is 10.9 Å². The van der Waals surface area contributed by atoms with Crippen LogP contribution in [0.15, 0.2) is 49.2 Å². The van der Waals surface area contributed by atoms with E-state index in [2.05, 4.69) is 41.9 Å². The lowest BCUT2D eigenvalue weighted by molar-refractivity contribution is -0.385. The molecule has 3 aromatic rings. The van der Waals surface area contributed by atoms with Gasteiger partial charge in [-0.2, -0.15) is 15.0 Å². The predicted molar refractivity (Wildman–Crippen MR) is 127 cm³/mol. The van der Waals surface area contributed by atoms with Gasteiger partial charge in [-0.25, -0.2) is 4.98 Å². The Labute approximate surface area is 199 Å². The van der Waals surface area contributed by atoms with E-state index in [1.807, 2.05) is 13.0 Å². The summed E-state index contributed by atoms with van der Waals surface area (Å²) in [7, 11) is 0. The summed E-state index contributed by atoms with van der Waals surface area (Å²) in [5.41, 5.74) is 0.292. The molecule has 0 amide bonds. The number of halogens is 2. The summed E-state index contributed by atoms with van der Waals surface area (Å²) >= 11 is 6.61. The molecule has 2 aromatic carbocycles. The fraction of sp³-hybridized carbons (Fsp3) is 0.238. The Morgan fingerprint density at radius 2 is 2.12 bits per heavy atom. The molecular formula is C21H17Br2N5O4. The molecule has 0 aliphatic rings. The molecule has 0 fully saturated rings. The van der Waals surface area contributed by atoms with Gasteiger partial charge >= 0.3 is 5.69 Å². The van der Waals surface area contributed by atoms with Gasteiger partial charge in [0.05, 0.1) is 26.5 Å². The molecule has 0 atom stereocenters. The second-order valence-corrected chi connectivity index (χ2v) is 8.48. The molecule has 32 heavy (non-hydrogen) atoms. The molecule has 0 radical (unpaired) electrons. The summed E-state index contributed by atoms with van der Waals surface area (Å²) in [6.07, 6.45) is 3.65. The fourth-order valence-electron chi connectivity index (χ4n) is 2.99. The summed E-state index contributed by atoms with van der Waals surface area (Å²) in [6, 6.07) is 9.88. The number of nitrogens with zero attached hydrogens (tertiary/aromatic N) is 5. The lowest BCUT2D eigenvalue weighted by atomic mass is 10.2. The highest BCUT2D eigenvalue weighted by molar-refractivity contribution is 9.10. The van der Waals surface area contributed by atoms with Crippen LogP contribution in [0.5, 0.6) is 5.75 Å². The third kappa shape index (κ3) is 5.20. The van der Waals surface area contributed by atoms with Gasteiger partial charge in [0.15, 0.2) is 6.61 Å². The van der Waals surface area contributed by atoms with Crippen molar-refractivity contribution in [3.63, 3.8) is 0 Å². The molecule has 3 rings (SSSR count). The summed E-state index contributed by atoms with van der Waals surface area (Å²) in [4.78, 5) is 28.6. The summed E-state index contributed by atoms with van der Waals surface area (Å²) in [5.74, 6) is 0.456. The first-order valence-corrected chi connectivity index (χ1v) is 11.2. The zero-order chi connectivity index (χ0) is 23.3. The second-order valence-electron chi connectivity index (χ2n) is 6.71. The van der Waals surface area contributed by atoms with Gasteiger partial charge in [0.25, 0.3) is 5.56 Å². The highest BCUT2D eigenvalue weighted by atomic mass is 79.9. The van der Waals surface area contributed by atoms with Crippen molar-refractivity contribution >= 4 is 54.7 Å². The number of nitriles is 1. The number of ether oxygens (including phenoxy) is 1. The van der Waals surface area contributed by atoms with Crippen molar-refractivity contribution in [3.8, 4) is 11.8 Å². The van der Waals surface area contributed by atoms with Crippen LogP contribution >= 0.6 is 31.9 Å². The Bertz CT molecular complexity index is 1310. The predicted octanol–water partition coefficient (Wildman–Crippen LogP) is 4.96. The number of rotatable bonds is 8. The minimum absolute atomic E-state index is 0.0493. The number of aryl methyl sites for hydroxylation is 1. The Kier molecular flexibility index (Phi) is 7.71. The average molecular weight is 563 g/mol. The molecule has 0 unspecified atom stereocenters. The summed E-state index contributed by atoms with van der Waals surface area (Å²) in [6.45, 7) is 1.71. The maximum Gasteiger partial charge on any atom is 0.312 e. The molecule has 164 valence electrons. The monoisotopic (exact) mass is 561 g/mol. The van der Waals surface area contributed by atoms with E-state index in [0.29, 0.717) is 33.2 Å². The smallest absolute Gasteiger partial charge is 0.312 e. The number of hydrogen-bond acceptors (Lipinski definition) is 7. The van der Waals surface area contributed by atoms with Crippen LogP contribution in [0.4, 0.5) is 5.69 Å². The van der Waals surface area contributed by atoms with Crippen LogP contribution in [0.1, 0.15) is 31.2 Å². The zero-order valence-corrected chi connectivity index (χ0v) is 20.1. The first kappa shape index (κ1) is 23.6. The number of fused-ring (bicyclic) bond motifs is 1. The maximum absolute atomic E-state index is 13.1. The van der Waals surface area contributed by atoms with Gasteiger partial charge in [-0.15, -0.1) is 0 Å². The van der Waals surface area contributed by atoms with Crippen molar-refractivity contribution in [1.29, 1.82) is 5.26 Å². The van der Waals surface area contributed by atoms with Gasteiger partial charge in [-0.3, -0.25) is 14.9 Å². The number of nitro groups is 1. The molecule has 1 aromatic heterocycles. The average Bonchev–Trinajstić information content (AvgIpc) is 2.76. The van der Waals surface area contributed by atoms with E-state index in [0.717, 1.165) is 17.3 Å². The summed E-state index contributed by atoms with van der Waals surface area (Å²) in [5, 5.41) is 24.9. The van der Waals surface area contributed by atoms with Gasteiger partial charge < -0.3 is 4.74 Å². The highest BCUT2D eigenvalue weighted by Crippen LogP contribution is 2.36. The maximum atomic E-state index is 13.1. The molecule has 0 N–H and O–H groups in total. The highest BCUT2D eigenvalue weighted by Gasteiger charge is 2.20. The normalized spacial score (nSPS) is 11.1. The van der Waals surface area contributed by atoms with Crippen LogP contribution in [0.2, 0.25) is 0 Å². The van der Waals surface area contributed by atoms with Crippen LogP contribution in [0, 0.1) is 21.4 Å². The molecule has 0 bridgehead atoms. The number of aromatic nitrogens is 2. The van der Waals surface area contributed by atoms with Crippen LogP contribution in [0.3, 0.4) is 0 Å². The Balaban J connectivity index is 2.11. The van der Waals surface area contributed by atoms with Gasteiger partial charge in [-0.05, 0) is 46.6 Å². The Morgan fingerprint density at radius 1 is 1.34 bits per heavy atom. The van der Waals surface area contributed by atoms with E-state index in [1.165, 1.54) is 17.0 Å². The number of nitro benzene ring substituents is 1. The lowest BCUT2D eigenvalue weighted by Crippen LogP contribution is -2.22. The number of benzene rings is 2.